The number of nitrogens with one attached hydrogen (secondary N) is 1. The van der Waals surface area contributed by atoms with Crippen LogP contribution in [0.25, 0.3) is 10.8 Å². The van der Waals surface area contributed by atoms with Crippen LogP contribution in [-0.2, 0) is 10.1 Å². The van der Waals surface area contributed by atoms with E-state index in [1.165, 1.54) is 6.07 Å². The third-order valence-electron chi connectivity index (χ3n) is 3.95. The van der Waals surface area contributed by atoms with Crippen LogP contribution in [0.1, 0.15) is 11.1 Å². The second-order valence-corrected chi connectivity index (χ2v) is 7.17. The van der Waals surface area contributed by atoms with Crippen LogP contribution in [0.3, 0.4) is 0 Å². The van der Waals surface area contributed by atoms with Crippen molar-refractivity contribution < 1.29 is 18.1 Å². The van der Waals surface area contributed by atoms with Gasteiger partial charge in [-0.2, -0.15) is 8.42 Å². The minimum absolute atomic E-state index is 0.203. The molecule has 0 atom stereocenters. The lowest BCUT2D eigenvalue weighted by atomic mass is 10.1. The van der Waals surface area contributed by atoms with Crippen LogP contribution in [-0.4, -0.2) is 18.1 Å². The first kappa shape index (κ1) is 16.3. The summed E-state index contributed by atoms with van der Waals surface area (Å²) >= 11 is 0. The van der Waals surface area contributed by atoms with E-state index in [2.05, 4.69) is 5.32 Å². The summed E-state index contributed by atoms with van der Waals surface area (Å²) < 4.78 is 31.6. The number of hydrogen-bond donors (Lipinski definition) is 3. The van der Waals surface area contributed by atoms with Crippen molar-refractivity contribution in [2.75, 3.05) is 5.32 Å². The first-order chi connectivity index (χ1) is 11.3. The second kappa shape index (κ2) is 5.81. The molecule has 3 aromatic rings. The molecule has 0 saturated heterocycles. The summed E-state index contributed by atoms with van der Waals surface area (Å²) in [5, 5.41) is 14.5. The molecule has 0 spiro atoms. The molecule has 3 aromatic carbocycles. The number of rotatable bonds is 3. The zero-order chi connectivity index (χ0) is 17.5. The lowest BCUT2D eigenvalue weighted by Crippen LogP contribution is -1.98. The van der Waals surface area contributed by atoms with Gasteiger partial charge in [0.05, 0.1) is 4.90 Å². The van der Waals surface area contributed by atoms with Gasteiger partial charge in [0.25, 0.3) is 10.1 Å². The zero-order valence-electron chi connectivity index (χ0n) is 13.2. The Balaban J connectivity index is 2.08. The largest absolute Gasteiger partial charge is 0.507 e. The van der Waals surface area contributed by atoms with Gasteiger partial charge in [0.1, 0.15) is 5.75 Å². The molecule has 0 aliphatic heterocycles. The monoisotopic (exact) mass is 343 g/mol. The van der Waals surface area contributed by atoms with Gasteiger partial charge in [-0.3, -0.25) is 4.55 Å². The fourth-order valence-electron chi connectivity index (χ4n) is 2.69. The minimum Gasteiger partial charge on any atom is -0.507 e. The summed E-state index contributed by atoms with van der Waals surface area (Å²) in [7, 11) is -4.36. The maximum Gasteiger partial charge on any atom is 0.294 e. The highest BCUT2D eigenvalue weighted by molar-refractivity contribution is 7.85. The standard InChI is InChI=1S/C18H17NO4S/c1-11-4-3-5-12(2)18(11)19-14-7-6-13-8-15(24(21,22)23)10-17(20)16(13)9-14/h3-10,19-20H,1-2H3,(H,21,22,23). The normalized spacial score (nSPS) is 11.6. The summed E-state index contributed by atoms with van der Waals surface area (Å²) in [6, 6.07) is 13.6. The quantitative estimate of drug-likeness (QED) is 0.622. The molecule has 0 radical (unpaired) electrons. The van der Waals surface area contributed by atoms with Gasteiger partial charge in [-0.1, -0.05) is 24.3 Å². The minimum atomic E-state index is -4.36. The molecule has 0 unspecified atom stereocenters. The summed E-state index contributed by atoms with van der Waals surface area (Å²) in [6.07, 6.45) is 0. The van der Waals surface area contributed by atoms with E-state index in [0.29, 0.717) is 10.8 Å². The van der Waals surface area contributed by atoms with Crippen molar-refractivity contribution in [3.63, 3.8) is 0 Å². The van der Waals surface area contributed by atoms with Gasteiger partial charge in [0.15, 0.2) is 0 Å². The maximum absolute atomic E-state index is 11.2. The van der Waals surface area contributed by atoms with Crippen molar-refractivity contribution in [1.82, 2.24) is 0 Å². The smallest absolute Gasteiger partial charge is 0.294 e. The Bertz CT molecular complexity index is 1020. The van der Waals surface area contributed by atoms with Gasteiger partial charge < -0.3 is 10.4 Å². The van der Waals surface area contributed by atoms with Crippen molar-refractivity contribution >= 4 is 32.3 Å². The SMILES string of the molecule is Cc1cccc(C)c1Nc1ccc2cc(S(=O)(=O)O)cc(O)c2c1. The molecule has 0 saturated carbocycles. The molecule has 0 amide bonds. The van der Waals surface area contributed by atoms with E-state index in [1.54, 1.807) is 18.2 Å². The summed E-state index contributed by atoms with van der Waals surface area (Å²) in [4.78, 5) is -0.331. The first-order valence-corrected chi connectivity index (χ1v) is 8.77. The van der Waals surface area contributed by atoms with Crippen molar-refractivity contribution in [2.45, 2.75) is 18.7 Å². The molecule has 0 fully saturated rings. The molecular weight excluding hydrogens is 326 g/mol. The third kappa shape index (κ3) is 3.06. The Morgan fingerprint density at radius 3 is 2.25 bits per heavy atom. The number of anilines is 2. The topological polar surface area (TPSA) is 86.6 Å². The summed E-state index contributed by atoms with van der Waals surface area (Å²) in [5.41, 5.74) is 3.96. The number of fused-ring (bicyclic) bond motifs is 1. The van der Waals surface area contributed by atoms with Gasteiger partial charge in [-0.15, -0.1) is 0 Å². The molecule has 3 N–H and O–H groups in total. The number of phenols is 1. The number of para-hydroxylation sites is 1. The molecule has 5 nitrogen and oxygen atoms in total. The van der Waals surface area contributed by atoms with Crippen LogP contribution in [0.5, 0.6) is 5.75 Å². The van der Waals surface area contributed by atoms with Crippen molar-refractivity contribution in [3.8, 4) is 5.75 Å². The zero-order valence-corrected chi connectivity index (χ0v) is 14.1. The van der Waals surface area contributed by atoms with Crippen molar-refractivity contribution in [2.24, 2.45) is 0 Å². The number of phenolic OH excluding ortho intramolecular Hbond substituents is 1. The van der Waals surface area contributed by atoms with Gasteiger partial charge in [0, 0.05) is 22.8 Å². The lowest BCUT2D eigenvalue weighted by Gasteiger charge is -2.14. The highest BCUT2D eigenvalue weighted by atomic mass is 32.2. The van der Waals surface area contributed by atoms with Crippen LogP contribution in [0.2, 0.25) is 0 Å². The lowest BCUT2D eigenvalue weighted by molar-refractivity contribution is 0.471. The first-order valence-electron chi connectivity index (χ1n) is 7.33. The highest BCUT2D eigenvalue weighted by Crippen LogP contribution is 2.32. The molecule has 24 heavy (non-hydrogen) atoms. The molecule has 124 valence electrons. The summed E-state index contributed by atoms with van der Waals surface area (Å²) in [5.74, 6) is -0.203. The molecule has 0 aliphatic rings. The van der Waals surface area contributed by atoms with Gasteiger partial charge >= 0.3 is 0 Å². The van der Waals surface area contributed by atoms with E-state index < -0.39 is 10.1 Å². The van der Waals surface area contributed by atoms with Gasteiger partial charge in [-0.25, -0.2) is 0 Å². The van der Waals surface area contributed by atoms with Crippen LogP contribution in [0.15, 0.2) is 53.4 Å². The maximum atomic E-state index is 11.2. The second-order valence-electron chi connectivity index (χ2n) is 5.75. The van der Waals surface area contributed by atoms with Crippen LogP contribution in [0, 0.1) is 13.8 Å². The summed E-state index contributed by atoms with van der Waals surface area (Å²) in [6.45, 7) is 4.01. The highest BCUT2D eigenvalue weighted by Gasteiger charge is 2.14. The molecule has 0 bridgehead atoms. The van der Waals surface area contributed by atoms with Crippen molar-refractivity contribution in [3.05, 3.63) is 59.7 Å². The Morgan fingerprint density at radius 2 is 1.62 bits per heavy atom. The fraction of sp³-hybridized carbons (Fsp3) is 0.111. The molecule has 3 rings (SSSR count). The Morgan fingerprint density at radius 1 is 0.958 bits per heavy atom. The Labute approximate surface area is 140 Å². The average molecular weight is 343 g/mol. The molecule has 6 heteroatoms. The third-order valence-corrected chi connectivity index (χ3v) is 4.79. The number of aryl methyl sites for hydroxylation is 2. The average Bonchev–Trinajstić information content (AvgIpc) is 2.50. The molecule has 0 heterocycles. The van der Waals surface area contributed by atoms with E-state index in [9.17, 15) is 13.5 Å². The van der Waals surface area contributed by atoms with E-state index in [4.69, 9.17) is 4.55 Å². The van der Waals surface area contributed by atoms with Crippen LogP contribution < -0.4 is 5.32 Å². The molecular formula is C18H17NO4S. The predicted octanol–water partition coefficient (Wildman–Crippen LogP) is 4.15. The van der Waals surface area contributed by atoms with Crippen LogP contribution in [0.4, 0.5) is 11.4 Å². The molecule has 0 aliphatic carbocycles. The number of benzene rings is 3. The van der Waals surface area contributed by atoms with E-state index in [0.717, 1.165) is 28.6 Å². The number of hydrogen-bond acceptors (Lipinski definition) is 4. The van der Waals surface area contributed by atoms with E-state index in [1.807, 2.05) is 32.0 Å². The van der Waals surface area contributed by atoms with Crippen molar-refractivity contribution in [1.29, 1.82) is 0 Å². The fourth-order valence-corrected chi connectivity index (χ4v) is 3.23. The molecule has 0 aromatic heterocycles. The van der Waals surface area contributed by atoms with Crippen LogP contribution >= 0.6 is 0 Å². The number of aromatic hydroxyl groups is 1. The predicted molar refractivity (Wildman–Crippen MR) is 94.6 cm³/mol. The Hall–Kier alpha value is -2.57. The Kier molecular flexibility index (Phi) is 3.95. The van der Waals surface area contributed by atoms with E-state index >= 15 is 0 Å². The van der Waals surface area contributed by atoms with E-state index in [-0.39, 0.29) is 10.6 Å². The van der Waals surface area contributed by atoms with Gasteiger partial charge in [-0.05, 0) is 48.6 Å². The van der Waals surface area contributed by atoms with Gasteiger partial charge in [0.2, 0.25) is 0 Å².